The van der Waals surface area contributed by atoms with Gasteiger partial charge in [0.25, 0.3) is 0 Å². The number of carbonyl (C=O) groups excluding carboxylic acids is 1. The number of amides is 1. The summed E-state index contributed by atoms with van der Waals surface area (Å²) in [6, 6.07) is 0. The molecule has 2 heteroatoms. The number of nitrogens with one attached hydrogen (secondary N) is 1. The van der Waals surface area contributed by atoms with Crippen LogP contribution in [0.5, 0.6) is 0 Å². The first-order valence-corrected chi connectivity index (χ1v) is 7.44. The van der Waals surface area contributed by atoms with Gasteiger partial charge in [-0.15, -0.1) is 6.58 Å². The fourth-order valence-electron chi connectivity index (χ4n) is 5.46. The van der Waals surface area contributed by atoms with Crippen LogP contribution in [-0.2, 0) is 4.79 Å². The molecule has 4 aliphatic rings. The molecule has 4 rings (SSSR count). The van der Waals surface area contributed by atoms with Crippen molar-refractivity contribution in [2.24, 2.45) is 22.7 Å². The highest BCUT2D eigenvalue weighted by Gasteiger charge is 2.58. The van der Waals surface area contributed by atoms with Crippen molar-refractivity contribution in [1.29, 1.82) is 0 Å². The van der Waals surface area contributed by atoms with E-state index in [1.54, 1.807) is 0 Å². The molecule has 0 aromatic carbocycles. The molecular formula is C16H25NO. The molecule has 4 fully saturated rings. The fraction of sp³-hybridized carbons (Fsp3) is 0.812. The van der Waals surface area contributed by atoms with E-state index in [4.69, 9.17) is 0 Å². The minimum atomic E-state index is -0.0139. The summed E-state index contributed by atoms with van der Waals surface area (Å²) in [6.07, 6.45) is 10.3. The van der Waals surface area contributed by atoms with Crippen LogP contribution in [0.1, 0.15) is 51.9 Å². The van der Waals surface area contributed by atoms with Gasteiger partial charge in [-0.3, -0.25) is 4.79 Å². The van der Waals surface area contributed by atoms with Gasteiger partial charge >= 0.3 is 0 Å². The van der Waals surface area contributed by atoms with Crippen molar-refractivity contribution in [2.45, 2.75) is 51.9 Å². The standard InChI is InChI=1S/C16H25NO/c1-3-4-5-17-14(18)16-9-12-6-13(10-16)8-15(2,7-12)11-16/h3,12-13H,1,4-11H2,2H3,(H,17,18). The maximum Gasteiger partial charge on any atom is 0.226 e. The first kappa shape index (κ1) is 12.3. The van der Waals surface area contributed by atoms with Gasteiger partial charge in [-0.25, -0.2) is 0 Å². The Morgan fingerprint density at radius 2 is 2.00 bits per heavy atom. The van der Waals surface area contributed by atoms with E-state index in [1.165, 1.54) is 19.3 Å². The van der Waals surface area contributed by atoms with E-state index >= 15 is 0 Å². The number of hydrogen-bond acceptors (Lipinski definition) is 1. The first-order chi connectivity index (χ1) is 8.55. The molecule has 2 nitrogen and oxygen atoms in total. The van der Waals surface area contributed by atoms with Gasteiger partial charge in [-0.05, 0) is 62.2 Å². The summed E-state index contributed by atoms with van der Waals surface area (Å²) in [5.41, 5.74) is 0.444. The zero-order valence-electron chi connectivity index (χ0n) is 11.5. The summed E-state index contributed by atoms with van der Waals surface area (Å²) in [4.78, 5) is 12.6. The number of rotatable bonds is 4. The van der Waals surface area contributed by atoms with Crippen LogP contribution in [0.2, 0.25) is 0 Å². The SMILES string of the molecule is C=CCCNC(=O)C12CC3CC(CC(C)(C3)C1)C2. The van der Waals surface area contributed by atoms with Gasteiger partial charge in [0, 0.05) is 6.54 Å². The predicted molar refractivity (Wildman–Crippen MR) is 73.0 cm³/mol. The lowest BCUT2D eigenvalue weighted by molar-refractivity contribution is -0.155. The number of hydrogen-bond donors (Lipinski definition) is 1. The Labute approximate surface area is 110 Å². The highest BCUT2D eigenvalue weighted by atomic mass is 16.2. The van der Waals surface area contributed by atoms with Crippen LogP contribution < -0.4 is 5.32 Å². The van der Waals surface area contributed by atoms with Crippen LogP contribution in [0.15, 0.2) is 12.7 Å². The Morgan fingerprint density at radius 1 is 1.33 bits per heavy atom. The first-order valence-electron chi connectivity index (χ1n) is 7.44. The quantitative estimate of drug-likeness (QED) is 0.599. The van der Waals surface area contributed by atoms with Crippen molar-refractivity contribution in [1.82, 2.24) is 5.32 Å². The minimum Gasteiger partial charge on any atom is -0.355 e. The molecule has 2 unspecified atom stereocenters. The summed E-state index contributed by atoms with van der Waals surface area (Å²) in [5, 5.41) is 3.15. The van der Waals surface area contributed by atoms with E-state index in [1.807, 2.05) is 6.08 Å². The van der Waals surface area contributed by atoms with Crippen LogP contribution in [0.3, 0.4) is 0 Å². The topological polar surface area (TPSA) is 29.1 Å². The fourth-order valence-corrected chi connectivity index (χ4v) is 5.46. The molecule has 4 aliphatic carbocycles. The molecule has 0 aliphatic heterocycles. The third-order valence-electron chi connectivity index (χ3n) is 5.47. The molecule has 0 radical (unpaired) electrons. The molecule has 1 amide bonds. The molecule has 1 N–H and O–H groups in total. The zero-order chi connectivity index (χ0) is 12.8. The van der Waals surface area contributed by atoms with E-state index in [9.17, 15) is 4.79 Å². The van der Waals surface area contributed by atoms with Crippen molar-refractivity contribution in [3.8, 4) is 0 Å². The maximum absolute atomic E-state index is 12.6. The maximum atomic E-state index is 12.6. The molecule has 0 spiro atoms. The van der Waals surface area contributed by atoms with Crippen LogP contribution >= 0.6 is 0 Å². The van der Waals surface area contributed by atoms with Gasteiger partial charge in [0.1, 0.15) is 0 Å². The predicted octanol–water partition coefficient (Wildman–Crippen LogP) is 3.29. The third kappa shape index (κ3) is 1.90. The second kappa shape index (κ2) is 4.11. The lowest BCUT2D eigenvalue weighted by Crippen LogP contribution is -2.56. The van der Waals surface area contributed by atoms with Crippen LogP contribution in [-0.4, -0.2) is 12.5 Å². The molecule has 0 heterocycles. The van der Waals surface area contributed by atoms with Gasteiger partial charge in [-0.1, -0.05) is 13.0 Å². The van der Waals surface area contributed by atoms with Crippen LogP contribution in [0, 0.1) is 22.7 Å². The van der Waals surface area contributed by atoms with Crippen LogP contribution in [0.25, 0.3) is 0 Å². The van der Waals surface area contributed by atoms with Crippen molar-refractivity contribution in [2.75, 3.05) is 6.54 Å². The van der Waals surface area contributed by atoms with Gasteiger partial charge in [-0.2, -0.15) is 0 Å². The highest BCUT2D eigenvalue weighted by Crippen LogP contribution is 2.65. The molecule has 2 atom stereocenters. The lowest BCUT2D eigenvalue weighted by atomic mass is 9.44. The Bertz CT molecular complexity index is 359. The van der Waals surface area contributed by atoms with Crippen molar-refractivity contribution in [3.63, 3.8) is 0 Å². The minimum absolute atomic E-state index is 0.0139. The van der Waals surface area contributed by atoms with Gasteiger partial charge < -0.3 is 5.32 Å². The summed E-state index contributed by atoms with van der Waals surface area (Å²) in [6.45, 7) is 6.88. The smallest absolute Gasteiger partial charge is 0.226 e. The molecule has 0 aromatic heterocycles. The average molecular weight is 247 g/mol. The average Bonchev–Trinajstić information content (AvgIpc) is 2.25. The molecule has 0 aromatic rings. The second-order valence-corrected chi connectivity index (χ2v) is 7.39. The molecule has 18 heavy (non-hydrogen) atoms. The van der Waals surface area contributed by atoms with Crippen LogP contribution in [0.4, 0.5) is 0 Å². The van der Waals surface area contributed by atoms with E-state index in [0.29, 0.717) is 11.3 Å². The summed E-state index contributed by atoms with van der Waals surface area (Å²) in [5.74, 6) is 1.98. The van der Waals surface area contributed by atoms with E-state index < -0.39 is 0 Å². The van der Waals surface area contributed by atoms with Crippen molar-refractivity contribution >= 4 is 5.91 Å². The molecule has 100 valence electrons. The molecule has 4 saturated carbocycles. The zero-order valence-corrected chi connectivity index (χ0v) is 11.5. The molecule has 0 saturated heterocycles. The number of carbonyl (C=O) groups is 1. The monoisotopic (exact) mass is 247 g/mol. The normalized spacial score (nSPS) is 44.9. The lowest BCUT2D eigenvalue weighted by Gasteiger charge is -2.60. The Kier molecular flexibility index (Phi) is 2.80. The van der Waals surface area contributed by atoms with E-state index in [-0.39, 0.29) is 5.41 Å². The Balaban J connectivity index is 1.74. The summed E-state index contributed by atoms with van der Waals surface area (Å²) < 4.78 is 0. The van der Waals surface area contributed by atoms with Gasteiger partial charge in [0.2, 0.25) is 5.91 Å². The Morgan fingerprint density at radius 3 is 2.56 bits per heavy atom. The third-order valence-corrected chi connectivity index (χ3v) is 5.47. The van der Waals surface area contributed by atoms with Crippen molar-refractivity contribution in [3.05, 3.63) is 12.7 Å². The van der Waals surface area contributed by atoms with E-state index in [2.05, 4.69) is 18.8 Å². The summed E-state index contributed by atoms with van der Waals surface area (Å²) in [7, 11) is 0. The van der Waals surface area contributed by atoms with Gasteiger partial charge in [0.05, 0.1) is 5.41 Å². The summed E-state index contributed by atoms with van der Waals surface area (Å²) >= 11 is 0. The molecular weight excluding hydrogens is 222 g/mol. The van der Waals surface area contributed by atoms with E-state index in [0.717, 1.165) is 44.1 Å². The Hall–Kier alpha value is -0.790. The highest BCUT2D eigenvalue weighted by molar-refractivity contribution is 5.83. The molecule has 4 bridgehead atoms. The second-order valence-electron chi connectivity index (χ2n) is 7.39. The largest absolute Gasteiger partial charge is 0.355 e. The van der Waals surface area contributed by atoms with Crippen molar-refractivity contribution < 1.29 is 4.79 Å². The van der Waals surface area contributed by atoms with Gasteiger partial charge in [0.15, 0.2) is 0 Å².